The maximum Gasteiger partial charge on any atom is 0.272 e. The first kappa shape index (κ1) is 16.4. The minimum Gasteiger partial charge on any atom is -0.380 e. The van der Waals surface area contributed by atoms with E-state index in [0.717, 1.165) is 37.1 Å². The van der Waals surface area contributed by atoms with Crippen molar-refractivity contribution in [2.24, 2.45) is 0 Å². The molecule has 0 spiro atoms. The minimum absolute atomic E-state index is 0.0576. The van der Waals surface area contributed by atoms with E-state index in [1.165, 1.54) is 6.42 Å². The van der Waals surface area contributed by atoms with E-state index in [1.54, 1.807) is 18.6 Å². The molecule has 2 aromatic heterocycles. The Hall–Kier alpha value is -2.43. The van der Waals surface area contributed by atoms with Gasteiger partial charge in [0.05, 0.1) is 11.9 Å². The summed E-state index contributed by atoms with van der Waals surface area (Å²) < 4.78 is 0. The normalized spacial score (nSPS) is 17.5. The SMILES string of the molecule is CCC1CCCCN1C(=O)c1ccc(NCc2ccncc2)cn1. The van der Waals surface area contributed by atoms with Gasteiger partial charge in [0.1, 0.15) is 5.69 Å². The standard InChI is InChI=1S/C19H24N4O/c1-2-17-5-3-4-12-23(17)19(24)18-7-6-16(14-22-18)21-13-15-8-10-20-11-9-15/h6-11,14,17,21H,2-5,12-13H2,1H3. The van der Waals surface area contributed by atoms with Crippen molar-refractivity contribution in [1.29, 1.82) is 0 Å². The number of carbonyl (C=O) groups excluding carboxylic acids is 1. The Kier molecular flexibility index (Phi) is 5.41. The van der Waals surface area contributed by atoms with Crippen LogP contribution in [0.15, 0.2) is 42.9 Å². The van der Waals surface area contributed by atoms with Crippen LogP contribution in [0.5, 0.6) is 0 Å². The number of amides is 1. The van der Waals surface area contributed by atoms with E-state index < -0.39 is 0 Å². The third-order valence-electron chi connectivity index (χ3n) is 4.59. The fourth-order valence-corrected chi connectivity index (χ4v) is 3.17. The summed E-state index contributed by atoms with van der Waals surface area (Å²) in [5.41, 5.74) is 2.60. The Labute approximate surface area is 143 Å². The van der Waals surface area contributed by atoms with E-state index in [2.05, 4.69) is 22.2 Å². The highest BCUT2D eigenvalue weighted by molar-refractivity contribution is 5.92. The first-order valence-corrected chi connectivity index (χ1v) is 8.67. The second kappa shape index (κ2) is 7.90. The van der Waals surface area contributed by atoms with Crippen LogP contribution in [0.2, 0.25) is 0 Å². The van der Waals surface area contributed by atoms with Crippen molar-refractivity contribution in [3.05, 3.63) is 54.1 Å². The van der Waals surface area contributed by atoms with E-state index in [9.17, 15) is 4.79 Å². The number of anilines is 1. The molecule has 1 N–H and O–H groups in total. The van der Waals surface area contributed by atoms with E-state index >= 15 is 0 Å². The van der Waals surface area contributed by atoms with Crippen LogP contribution in [0.1, 0.15) is 48.7 Å². The van der Waals surface area contributed by atoms with Crippen molar-refractivity contribution in [3.63, 3.8) is 0 Å². The molecule has 5 heteroatoms. The van der Waals surface area contributed by atoms with E-state index in [0.29, 0.717) is 18.3 Å². The van der Waals surface area contributed by atoms with Gasteiger partial charge in [-0.25, -0.2) is 4.98 Å². The summed E-state index contributed by atoms with van der Waals surface area (Å²) in [6.07, 6.45) is 9.71. The van der Waals surface area contributed by atoms with Crippen LogP contribution in [0.4, 0.5) is 5.69 Å². The molecule has 1 aliphatic rings. The van der Waals surface area contributed by atoms with Crippen LogP contribution in [0, 0.1) is 0 Å². The van der Waals surface area contributed by atoms with Crippen molar-refractivity contribution in [2.75, 3.05) is 11.9 Å². The maximum absolute atomic E-state index is 12.7. The lowest BCUT2D eigenvalue weighted by atomic mass is 9.99. The average Bonchev–Trinajstić information content (AvgIpc) is 2.67. The fraction of sp³-hybridized carbons (Fsp3) is 0.421. The summed E-state index contributed by atoms with van der Waals surface area (Å²) >= 11 is 0. The Bertz CT molecular complexity index is 657. The molecule has 126 valence electrons. The van der Waals surface area contributed by atoms with Crippen molar-refractivity contribution in [3.8, 4) is 0 Å². The molecule has 0 radical (unpaired) electrons. The van der Waals surface area contributed by atoms with Gasteiger partial charge in [-0.3, -0.25) is 9.78 Å². The monoisotopic (exact) mass is 324 g/mol. The summed E-state index contributed by atoms with van der Waals surface area (Å²) in [6.45, 7) is 3.71. The third kappa shape index (κ3) is 3.91. The highest BCUT2D eigenvalue weighted by Crippen LogP contribution is 2.21. The van der Waals surface area contributed by atoms with Gasteiger partial charge in [-0.05, 0) is 55.5 Å². The summed E-state index contributed by atoms with van der Waals surface area (Å²) in [4.78, 5) is 23.1. The van der Waals surface area contributed by atoms with Crippen molar-refractivity contribution < 1.29 is 4.79 Å². The summed E-state index contributed by atoms with van der Waals surface area (Å²) in [5, 5.41) is 3.31. The summed E-state index contributed by atoms with van der Waals surface area (Å²) in [6, 6.07) is 8.04. The highest BCUT2D eigenvalue weighted by atomic mass is 16.2. The number of nitrogens with zero attached hydrogens (tertiary/aromatic N) is 3. The predicted octanol–water partition coefficient (Wildman–Crippen LogP) is 3.49. The predicted molar refractivity (Wildman–Crippen MR) is 94.8 cm³/mol. The topological polar surface area (TPSA) is 58.1 Å². The quantitative estimate of drug-likeness (QED) is 0.914. The zero-order valence-electron chi connectivity index (χ0n) is 14.1. The number of likely N-dealkylation sites (tertiary alicyclic amines) is 1. The van der Waals surface area contributed by atoms with Crippen molar-refractivity contribution in [2.45, 2.75) is 45.2 Å². The molecule has 0 aliphatic carbocycles. The number of carbonyl (C=O) groups is 1. The summed E-state index contributed by atoms with van der Waals surface area (Å²) in [5.74, 6) is 0.0576. The lowest BCUT2D eigenvalue weighted by Gasteiger charge is -2.35. The van der Waals surface area contributed by atoms with Gasteiger partial charge in [-0.15, -0.1) is 0 Å². The zero-order valence-corrected chi connectivity index (χ0v) is 14.1. The molecule has 1 amide bonds. The third-order valence-corrected chi connectivity index (χ3v) is 4.59. The first-order chi connectivity index (χ1) is 11.8. The van der Waals surface area contributed by atoms with Gasteiger partial charge in [0.2, 0.25) is 0 Å². The average molecular weight is 324 g/mol. The molecular weight excluding hydrogens is 300 g/mol. The number of aromatic nitrogens is 2. The van der Waals surface area contributed by atoms with Crippen LogP contribution in [-0.4, -0.2) is 33.4 Å². The van der Waals surface area contributed by atoms with Gasteiger partial charge < -0.3 is 10.2 Å². The maximum atomic E-state index is 12.7. The van der Waals surface area contributed by atoms with E-state index in [-0.39, 0.29) is 5.91 Å². The molecule has 3 heterocycles. The zero-order chi connectivity index (χ0) is 16.8. The van der Waals surface area contributed by atoms with Gasteiger partial charge in [-0.2, -0.15) is 0 Å². The van der Waals surface area contributed by atoms with Crippen LogP contribution in [-0.2, 0) is 6.54 Å². The number of hydrogen-bond donors (Lipinski definition) is 1. The minimum atomic E-state index is 0.0576. The number of piperidine rings is 1. The van der Waals surface area contributed by atoms with Crippen molar-refractivity contribution in [1.82, 2.24) is 14.9 Å². The van der Waals surface area contributed by atoms with Crippen LogP contribution in [0.3, 0.4) is 0 Å². The number of pyridine rings is 2. The molecule has 3 rings (SSSR count). The molecule has 1 aliphatic heterocycles. The van der Waals surface area contributed by atoms with Gasteiger partial charge >= 0.3 is 0 Å². The lowest BCUT2D eigenvalue weighted by Crippen LogP contribution is -2.43. The molecule has 0 bridgehead atoms. The number of nitrogens with one attached hydrogen (secondary N) is 1. The lowest BCUT2D eigenvalue weighted by molar-refractivity contribution is 0.0602. The van der Waals surface area contributed by atoms with Crippen LogP contribution >= 0.6 is 0 Å². The molecule has 1 unspecified atom stereocenters. The molecule has 5 nitrogen and oxygen atoms in total. The first-order valence-electron chi connectivity index (χ1n) is 8.67. The van der Waals surface area contributed by atoms with Gasteiger partial charge in [-0.1, -0.05) is 6.92 Å². The molecular formula is C19H24N4O. The van der Waals surface area contributed by atoms with Gasteiger partial charge in [0, 0.05) is 31.5 Å². The number of rotatable bonds is 5. The summed E-state index contributed by atoms with van der Waals surface area (Å²) in [7, 11) is 0. The number of hydrogen-bond acceptors (Lipinski definition) is 4. The molecule has 0 saturated carbocycles. The van der Waals surface area contributed by atoms with Gasteiger partial charge in [0.15, 0.2) is 0 Å². The van der Waals surface area contributed by atoms with Crippen LogP contribution < -0.4 is 5.32 Å². The van der Waals surface area contributed by atoms with E-state index in [1.807, 2.05) is 29.2 Å². The van der Waals surface area contributed by atoms with E-state index in [4.69, 9.17) is 0 Å². The molecule has 2 aromatic rings. The largest absolute Gasteiger partial charge is 0.380 e. The molecule has 24 heavy (non-hydrogen) atoms. The molecule has 0 aromatic carbocycles. The smallest absolute Gasteiger partial charge is 0.272 e. The second-order valence-electron chi connectivity index (χ2n) is 6.20. The Morgan fingerprint density at radius 2 is 2.08 bits per heavy atom. The Morgan fingerprint density at radius 1 is 1.25 bits per heavy atom. The molecule has 1 fully saturated rings. The van der Waals surface area contributed by atoms with Crippen LogP contribution in [0.25, 0.3) is 0 Å². The van der Waals surface area contributed by atoms with Gasteiger partial charge in [0.25, 0.3) is 5.91 Å². The molecule has 1 saturated heterocycles. The van der Waals surface area contributed by atoms with Crippen molar-refractivity contribution >= 4 is 11.6 Å². The highest BCUT2D eigenvalue weighted by Gasteiger charge is 2.26. The second-order valence-corrected chi connectivity index (χ2v) is 6.20. The Balaban J connectivity index is 1.62. The fourth-order valence-electron chi connectivity index (χ4n) is 3.17. The molecule has 1 atom stereocenters. The Morgan fingerprint density at radius 3 is 2.79 bits per heavy atom.